The standard InChI is InChI=1S/C17H13BrN2O4S/c1-11-2-8-14(9-3-11)25(23,24)20-16(21)15(19-17(20)22)10-12-4-6-13(18)7-5-12/h2-10H,1H3,(H,19,22)/b15-10-. The number of amides is 3. The van der Waals surface area contributed by atoms with Crippen LogP contribution in [0.1, 0.15) is 11.1 Å². The molecule has 3 rings (SSSR count). The van der Waals surface area contributed by atoms with Crippen LogP contribution < -0.4 is 5.32 Å². The maximum Gasteiger partial charge on any atom is 0.343 e. The van der Waals surface area contributed by atoms with Crippen LogP contribution in [0.5, 0.6) is 0 Å². The Kier molecular flexibility index (Phi) is 4.49. The molecule has 0 atom stereocenters. The van der Waals surface area contributed by atoms with Crippen molar-refractivity contribution < 1.29 is 18.0 Å². The number of hydrogen-bond acceptors (Lipinski definition) is 4. The van der Waals surface area contributed by atoms with Gasteiger partial charge < -0.3 is 5.32 Å². The highest BCUT2D eigenvalue weighted by molar-refractivity contribution is 9.10. The van der Waals surface area contributed by atoms with E-state index in [9.17, 15) is 18.0 Å². The number of nitrogens with zero attached hydrogens (tertiary/aromatic N) is 1. The Morgan fingerprint density at radius 1 is 1.00 bits per heavy atom. The first-order valence-electron chi connectivity index (χ1n) is 7.23. The molecule has 0 unspecified atom stereocenters. The van der Waals surface area contributed by atoms with Crippen LogP contribution in [0.25, 0.3) is 6.08 Å². The Bertz CT molecular complexity index is 980. The van der Waals surface area contributed by atoms with E-state index in [4.69, 9.17) is 0 Å². The molecule has 1 saturated heterocycles. The van der Waals surface area contributed by atoms with Gasteiger partial charge in [-0.1, -0.05) is 45.8 Å². The Labute approximate surface area is 153 Å². The molecule has 1 N–H and O–H groups in total. The quantitative estimate of drug-likeness (QED) is 0.610. The predicted molar refractivity (Wildman–Crippen MR) is 95.9 cm³/mol. The SMILES string of the molecule is Cc1ccc(S(=O)(=O)N2C(=O)N/C(=C\c3ccc(Br)cc3)C2=O)cc1. The summed E-state index contributed by atoms with van der Waals surface area (Å²) < 4.78 is 26.4. The molecule has 3 amide bonds. The molecule has 25 heavy (non-hydrogen) atoms. The minimum Gasteiger partial charge on any atom is -0.302 e. The van der Waals surface area contributed by atoms with Crippen molar-refractivity contribution in [3.8, 4) is 0 Å². The molecule has 0 aromatic heterocycles. The smallest absolute Gasteiger partial charge is 0.302 e. The van der Waals surface area contributed by atoms with Crippen LogP contribution in [0, 0.1) is 6.92 Å². The van der Waals surface area contributed by atoms with E-state index in [1.165, 1.54) is 18.2 Å². The Morgan fingerprint density at radius 3 is 2.20 bits per heavy atom. The molecular weight excluding hydrogens is 408 g/mol. The third kappa shape index (κ3) is 3.35. The number of rotatable bonds is 3. The summed E-state index contributed by atoms with van der Waals surface area (Å²) in [4.78, 5) is 24.4. The minimum absolute atomic E-state index is 0.0944. The number of benzene rings is 2. The molecule has 8 heteroatoms. The third-order valence-electron chi connectivity index (χ3n) is 3.58. The molecule has 2 aromatic rings. The van der Waals surface area contributed by atoms with Gasteiger partial charge in [-0.05, 0) is 42.8 Å². The first-order valence-corrected chi connectivity index (χ1v) is 9.47. The number of carbonyl (C=O) groups is 2. The molecule has 0 bridgehead atoms. The first kappa shape index (κ1) is 17.4. The second-order valence-corrected chi connectivity index (χ2v) is 8.13. The number of aryl methyl sites for hydroxylation is 1. The summed E-state index contributed by atoms with van der Waals surface area (Å²) in [5, 5.41) is 2.31. The minimum atomic E-state index is -4.26. The van der Waals surface area contributed by atoms with Crippen LogP contribution in [-0.2, 0) is 14.8 Å². The lowest BCUT2D eigenvalue weighted by Gasteiger charge is -2.12. The molecule has 2 aromatic carbocycles. The summed E-state index contributed by atoms with van der Waals surface area (Å²) in [6.07, 6.45) is 1.43. The van der Waals surface area contributed by atoms with Crippen LogP contribution in [0.3, 0.4) is 0 Å². The van der Waals surface area contributed by atoms with Gasteiger partial charge in [0.2, 0.25) is 0 Å². The van der Waals surface area contributed by atoms with Crippen LogP contribution >= 0.6 is 15.9 Å². The lowest BCUT2D eigenvalue weighted by Crippen LogP contribution is -2.36. The molecule has 0 radical (unpaired) electrons. The van der Waals surface area contributed by atoms with E-state index in [2.05, 4.69) is 21.2 Å². The summed E-state index contributed by atoms with van der Waals surface area (Å²) >= 11 is 3.30. The fourth-order valence-electron chi connectivity index (χ4n) is 2.28. The zero-order chi connectivity index (χ0) is 18.2. The van der Waals surface area contributed by atoms with Crippen LogP contribution in [0.2, 0.25) is 0 Å². The van der Waals surface area contributed by atoms with Crippen molar-refractivity contribution in [3.05, 3.63) is 69.8 Å². The zero-order valence-corrected chi connectivity index (χ0v) is 15.5. The Morgan fingerprint density at radius 2 is 1.60 bits per heavy atom. The highest BCUT2D eigenvalue weighted by atomic mass is 79.9. The summed E-state index contributed by atoms with van der Waals surface area (Å²) in [6.45, 7) is 1.81. The van der Waals surface area contributed by atoms with Crippen molar-refractivity contribution in [2.24, 2.45) is 0 Å². The molecule has 0 spiro atoms. The number of hydrogen-bond donors (Lipinski definition) is 1. The van der Waals surface area contributed by atoms with Crippen molar-refractivity contribution in [3.63, 3.8) is 0 Å². The average molecular weight is 421 g/mol. The van der Waals surface area contributed by atoms with E-state index in [0.29, 0.717) is 5.56 Å². The summed E-state index contributed by atoms with van der Waals surface area (Å²) in [5.74, 6) is -0.909. The fraction of sp³-hybridized carbons (Fsp3) is 0.0588. The largest absolute Gasteiger partial charge is 0.343 e. The highest BCUT2D eigenvalue weighted by Crippen LogP contribution is 2.23. The van der Waals surface area contributed by atoms with Gasteiger partial charge in [-0.15, -0.1) is 4.31 Å². The molecule has 1 fully saturated rings. The van der Waals surface area contributed by atoms with Gasteiger partial charge in [-0.2, -0.15) is 0 Å². The monoisotopic (exact) mass is 420 g/mol. The second-order valence-electron chi connectivity index (χ2n) is 5.43. The van der Waals surface area contributed by atoms with Gasteiger partial charge >= 0.3 is 6.03 Å². The van der Waals surface area contributed by atoms with Crippen molar-refractivity contribution >= 4 is 44.0 Å². The molecular formula is C17H13BrN2O4S. The number of halogens is 1. The third-order valence-corrected chi connectivity index (χ3v) is 5.79. The van der Waals surface area contributed by atoms with Gasteiger partial charge in [0.15, 0.2) is 0 Å². The van der Waals surface area contributed by atoms with Crippen molar-refractivity contribution in [1.29, 1.82) is 0 Å². The molecule has 6 nitrogen and oxygen atoms in total. The maximum atomic E-state index is 12.6. The number of sulfonamides is 1. The van der Waals surface area contributed by atoms with E-state index in [0.717, 1.165) is 10.0 Å². The van der Waals surface area contributed by atoms with Crippen molar-refractivity contribution in [2.75, 3.05) is 0 Å². The Hall–Kier alpha value is -2.45. The van der Waals surface area contributed by atoms with Gasteiger partial charge in [0, 0.05) is 4.47 Å². The number of urea groups is 1. The number of imide groups is 1. The van der Waals surface area contributed by atoms with Crippen LogP contribution in [0.4, 0.5) is 4.79 Å². The number of carbonyl (C=O) groups excluding carboxylic acids is 2. The van der Waals surface area contributed by atoms with Gasteiger partial charge in [0.05, 0.1) is 4.90 Å². The lowest BCUT2D eigenvalue weighted by atomic mass is 10.2. The summed E-state index contributed by atoms with van der Waals surface area (Å²) in [7, 11) is -4.26. The first-order chi connectivity index (χ1) is 11.8. The average Bonchev–Trinajstić information content (AvgIpc) is 2.84. The van der Waals surface area contributed by atoms with Crippen molar-refractivity contribution in [2.45, 2.75) is 11.8 Å². The molecule has 128 valence electrons. The van der Waals surface area contributed by atoms with Gasteiger partial charge in [0.1, 0.15) is 5.70 Å². The van der Waals surface area contributed by atoms with E-state index in [1.54, 1.807) is 36.4 Å². The van der Waals surface area contributed by atoms with E-state index in [-0.39, 0.29) is 14.9 Å². The molecule has 1 aliphatic rings. The fourth-order valence-corrected chi connectivity index (χ4v) is 3.81. The van der Waals surface area contributed by atoms with E-state index in [1.807, 2.05) is 6.92 Å². The summed E-state index contributed by atoms with van der Waals surface area (Å²) in [6, 6.07) is 11.9. The highest BCUT2D eigenvalue weighted by Gasteiger charge is 2.43. The summed E-state index contributed by atoms with van der Waals surface area (Å²) in [5.41, 5.74) is 1.43. The van der Waals surface area contributed by atoms with Crippen molar-refractivity contribution in [1.82, 2.24) is 9.62 Å². The van der Waals surface area contributed by atoms with E-state index >= 15 is 0 Å². The topological polar surface area (TPSA) is 83.6 Å². The molecule has 1 aliphatic heterocycles. The maximum absolute atomic E-state index is 12.6. The van der Waals surface area contributed by atoms with Crippen LogP contribution in [0.15, 0.2) is 63.6 Å². The van der Waals surface area contributed by atoms with E-state index < -0.39 is 22.0 Å². The zero-order valence-electron chi connectivity index (χ0n) is 13.1. The molecule has 0 saturated carbocycles. The molecule has 1 heterocycles. The van der Waals surface area contributed by atoms with Gasteiger partial charge in [0.25, 0.3) is 15.9 Å². The lowest BCUT2D eigenvalue weighted by molar-refractivity contribution is -0.119. The second kappa shape index (κ2) is 6.45. The normalized spacial score (nSPS) is 16.4. The number of nitrogens with one attached hydrogen (secondary N) is 1. The van der Waals surface area contributed by atoms with Crippen LogP contribution in [-0.4, -0.2) is 24.7 Å². The predicted octanol–water partition coefficient (Wildman–Crippen LogP) is 3.04. The van der Waals surface area contributed by atoms with Gasteiger partial charge in [-0.25, -0.2) is 13.2 Å². The Balaban J connectivity index is 1.96. The van der Waals surface area contributed by atoms with Gasteiger partial charge in [-0.3, -0.25) is 4.79 Å². The molecule has 0 aliphatic carbocycles.